The highest BCUT2D eigenvalue weighted by molar-refractivity contribution is 4.81. The van der Waals surface area contributed by atoms with Crippen molar-refractivity contribution in [3.63, 3.8) is 0 Å². The lowest BCUT2D eigenvalue weighted by Crippen LogP contribution is -2.39. The summed E-state index contributed by atoms with van der Waals surface area (Å²) in [6.07, 6.45) is 3.81. The fraction of sp³-hybridized carbons (Fsp3) is 0.750. The number of ether oxygens (including phenoxy) is 1. The summed E-state index contributed by atoms with van der Waals surface area (Å²) in [5, 5.41) is 11.0. The van der Waals surface area contributed by atoms with E-state index in [-0.39, 0.29) is 0 Å². The molecule has 0 aliphatic carbocycles. The van der Waals surface area contributed by atoms with Gasteiger partial charge in [0, 0.05) is 45.2 Å². The van der Waals surface area contributed by atoms with Crippen LogP contribution in [0.4, 0.5) is 0 Å². The van der Waals surface area contributed by atoms with Crippen LogP contribution in [-0.4, -0.2) is 49.2 Å². The Kier molecular flexibility index (Phi) is 6.84. The van der Waals surface area contributed by atoms with Crippen molar-refractivity contribution in [1.29, 1.82) is 0 Å². The van der Waals surface area contributed by atoms with E-state index < -0.39 is 0 Å². The molecular weight excluding hydrogens is 216 g/mol. The molecule has 17 heavy (non-hydrogen) atoms. The monoisotopic (exact) mass is 240 g/mol. The van der Waals surface area contributed by atoms with E-state index in [0.717, 1.165) is 26.2 Å². The third-order valence-electron chi connectivity index (χ3n) is 2.67. The molecule has 0 saturated heterocycles. The number of nitrogens with one attached hydrogen (secondary N) is 2. The van der Waals surface area contributed by atoms with Gasteiger partial charge in [-0.3, -0.25) is 4.68 Å². The lowest BCUT2D eigenvalue weighted by Gasteiger charge is -2.18. The molecular formula is C12H24N4O. The maximum Gasteiger partial charge on any atom is 0.0615 e. The first-order valence-corrected chi connectivity index (χ1v) is 6.16. The average molecular weight is 240 g/mol. The fourth-order valence-corrected chi connectivity index (χ4v) is 1.57. The summed E-state index contributed by atoms with van der Waals surface area (Å²) in [6.45, 7) is 7.87. The Bertz CT molecular complexity index is 276. The van der Waals surface area contributed by atoms with Gasteiger partial charge in [0.25, 0.3) is 0 Å². The van der Waals surface area contributed by atoms with Crippen LogP contribution < -0.4 is 10.6 Å². The predicted octanol–water partition coefficient (Wildman–Crippen LogP) is 0.658. The Hall–Kier alpha value is -0.910. The summed E-state index contributed by atoms with van der Waals surface area (Å²) in [6, 6.07) is 2.78. The molecule has 0 aromatic carbocycles. The Balaban J connectivity index is 2.09. The number of nitrogens with zero attached hydrogens (tertiary/aromatic N) is 2. The molecule has 0 amide bonds. The lowest BCUT2D eigenvalue weighted by atomic mass is 10.3. The lowest BCUT2D eigenvalue weighted by molar-refractivity contribution is 0.198. The average Bonchev–Trinajstić information content (AvgIpc) is 2.85. The maximum absolute atomic E-state index is 4.98. The Morgan fingerprint density at radius 3 is 2.82 bits per heavy atom. The predicted molar refractivity (Wildman–Crippen MR) is 69.1 cm³/mol. The normalized spacial score (nSPS) is 14.8. The number of methoxy groups -OCH3 is 1. The van der Waals surface area contributed by atoms with Gasteiger partial charge in [-0.25, -0.2) is 0 Å². The zero-order valence-corrected chi connectivity index (χ0v) is 11.0. The third-order valence-corrected chi connectivity index (χ3v) is 2.67. The Morgan fingerprint density at radius 1 is 1.35 bits per heavy atom. The molecule has 5 heteroatoms. The van der Waals surface area contributed by atoms with Crippen molar-refractivity contribution in [3.8, 4) is 0 Å². The van der Waals surface area contributed by atoms with Crippen molar-refractivity contribution in [1.82, 2.24) is 20.4 Å². The van der Waals surface area contributed by atoms with Gasteiger partial charge >= 0.3 is 0 Å². The van der Waals surface area contributed by atoms with Crippen LogP contribution in [0.5, 0.6) is 0 Å². The van der Waals surface area contributed by atoms with Crippen LogP contribution in [0.2, 0.25) is 0 Å². The first-order valence-electron chi connectivity index (χ1n) is 6.16. The molecule has 0 saturated carbocycles. The SMILES string of the molecule is COCCNCC(C)NCC(C)n1cccn1. The van der Waals surface area contributed by atoms with Crippen LogP contribution in [0.3, 0.4) is 0 Å². The molecule has 2 N–H and O–H groups in total. The van der Waals surface area contributed by atoms with E-state index in [1.165, 1.54) is 0 Å². The van der Waals surface area contributed by atoms with E-state index in [4.69, 9.17) is 4.74 Å². The summed E-state index contributed by atoms with van der Waals surface area (Å²) < 4.78 is 6.95. The molecule has 2 unspecified atom stereocenters. The van der Waals surface area contributed by atoms with Gasteiger partial charge < -0.3 is 15.4 Å². The van der Waals surface area contributed by atoms with Gasteiger partial charge in [-0.05, 0) is 19.9 Å². The van der Waals surface area contributed by atoms with Gasteiger partial charge in [-0.2, -0.15) is 5.10 Å². The number of aromatic nitrogens is 2. The van der Waals surface area contributed by atoms with Crippen LogP contribution in [0.25, 0.3) is 0 Å². The molecule has 0 spiro atoms. The largest absolute Gasteiger partial charge is 0.383 e. The summed E-state index contributed by atoms with van der Waals surface area (Å²) in [5.74, 6) is 0. The minimum absolute atomic E-state index is 0.381. The highest BCUT2D eigenvalue weighted by Crippen LogP contribution is 2.01. The number of hydrogen-bond donors (Lipinski definition) is 2. The highest BCUT2D eigenvalue weighted by atomic mass is 16.5. The van der Waals surface area contributed by atoms with Crippen molar-refractivity contribution in [2.24, 2.45) is 0 Å². The first-order chi connectivity index (χ1) is 8.24. The molecule has 1 aromatic heterocycles. The van der Waals surface area contributed by atoms with Crippen LogP contribution in [0, 0.1) is 0 Å². The molecule has 1 aromatic rings. The van der Waals surface area contributed by atoms with E-state index >= 15 is 0 Å². The Morgan fingerprint density at radius 2 is 2.18 bits per heavy atom. The highest BCUT2D eigenvalue weighted by Gasteiger charge is 2.06. The maximum atomic E-state index is 4.98. The van der Waals surface area contributed by atoms with Crippen LogP contribution in [0.15, 0.2) is 18.5 Å². The van der Waals surface area contributed by atoms with Crippen molar-refractivity contribution in [2.45, 2.75) is 25.9 Å². The van der Waals surface area contributed by atoms with Gasteiger partial charge in [0.15, 0.2) is 0 Å². The summed E-state index contributed by atoms with van der Waals surface area (Å²) in [4.78, 5) is 0. The van der Waals surface area contributed by atoms with Gasteiger partial charge in [-0.1, -0.05) is 0 Å². The molecule has 0 aliphatic rings. The number of hydrogen-bond acceptors (Lipinski definition) is 4. The smallest absolute Gasteiger partial charge is 0.0615 e. The van der Waals surface area contributed by atoms with Gasteiger partial charge in [0.1, 0.15) is 0 Å². The summed E-state index contributed by atoms with van der Waals surface area (Å²) in [7, 11) is 1.72. The van der Waals surface area contributed by atoms with E-state index in [9.17, 15) is 0 Å². The minimum atomic E-state index is 0.381. The molecule has 0 aliphatic heterocycles. The zero-order valence-electron chi connectivity index (χ0n) is 11.0. The first kappa shape index (κ1) is 14.2. The van der Waals surface area contributed by atoms with E-state index in [2.05, 4.69) is 29.6 Å². The molecule has 1 heterocycles. The standard InChI is InChI=1S/C12H24N4O/c1-11(9-13-6-8-17-3)14-10-12(2)16-7-4-5-15-16/h4-5,7,11-14H,6,8-10H2,1-3H3. The van der Waals surface area contributed by atoms with E-state index in [1.807, 2.05) is 23.1 Å². The van der Waals surface area contributed by atoms with Gasteiger partial charge in [0.05, 0.1) is 12.6 Å². The molecule has 0 bridgehead atoms. The molecule has 0 radical (unpaired) electrons. The third kappa shape index (κ3) is 5.81. The quantitative estimate of drug-likeness (QED) is 0.623. The second-order valence-corrected chi connectivity index (χ2v) is 4.34. The molecule has 0 fully saturated rings. The van der Waals surface area contributed by atoms with Crippen molar-refractivity contribution < 1.29 is 4.74 Å². The van der Waals surface area contributed by atoms with Gasteiger partial charge in [0.2, 0.25) is 0 Å². The van der Waals surface area contributed by atoms with Crippen molar-refractivity contribution in [3.05, 3.63) is 18.5 Å². The van der Waals surface area contributed by atoms with Crippen LogP contribution in [-0.2, 0) is 4.74 Å². The topological polar surface area (TPSA) is 51.1 Å². The molecule has 98 valence electrons. The second kappa shape index (κ2) is 8.22. The van der Waals surface area contributed by atoms with Crippen molar-refractivity contribution in [2.75, 3.05) is 33.4 Å². The van der Waals surface area contributed by atoms with E-state index in [0.29, 0.717) is 12.1 Å². The summed E-state index contributed by atoms with van der Waals surface area (Å²) in [5.41, 5.74) is 0. The molecule has 5 nitrogen and oxygen atoms in total. The molecule has 1 rings (SSSR count). The fourth-order valence-electron chi connectivity index (χ4n) is 1.57. The zero-order chi connectivity index (χ0) is 12.5. The summed E-state index contributed by atoms with van der Waals surface area (Å²) >= 11 is 0. The van der Waals surface area contributed by atoms with Crippen LogP contribution in [0.1, 0.15) is 19.9 Å². The van der Waals surface area contributed by atoms with E-state index in [1.54, 1.807) is 7.11 Å². The Labute approximate surface area is 104 Å². The molecule has 2 atom stereocenters. The second-order valence-electron chi connectivity index (χ2n) is 4.34. The van der Waals surface area contributed by atoms with Crippen LogP contribution >= 0.6 is 0 Å². The number of rotatable bonds is 9. The van der Waals surface area contributed by atoms with Gasteiger partial charge in [-0.15, -0.1) is 0 Å². The minimum Gasteiger partial charge on any atom is -0.383 e. The van der Waals surface area contributed by atoms with Crippen molar-refractivity contribution >= 4 is 0 Å².